The van der Waals surface area contributed by atoms with Crippen molar-refractivity contribution in [1.29, 1.82) is 0 Å². The normalized spacial score (nSPS) is 27.2. The predicted octanol–water partition coefficient (Wildman–Crippen LogP) is -0.188. The number of anilines is 1. The number of imidazole rings is 1. The molecule has 0 unspecified atom stereocenters. The Balaban J connectivity index is 2.02. The van der Waals surface area contributed by atoms with E-state index >= 15 is 0 Å². The Labute approximate surface area is 116 Å². The topological polar surface area (TPSA) is 119 Å². The van der Waals surface area contributed by atoms with Crippen LogP contribution in [0, 0.1) is 0 Å². The van der Waals surface area contributed by atoms with E-state index in [1.807, 2.05) is 0 Å². The molecule has 3 atom stereocenters. The first-order valence-electron chi connectivity index (χ1n) is 5.70. The first-order valence-corrected chi connectivity index (χ1v) is 6.49. The van der Waals surface area contributed by atoms with Gasteiger partial charge < -0.3 is 20.7 Å². The second kappa shape index (κ2) is 4.67. The van der Waals surface area contributed by atoms with Crippen LogP contribution in [0.5, 0.6) is 0 Å². The quantitative estimate of drug-likeness (QED) is 0.653. The van der Waals surface area contributed by atoms with E-state index in [0.29, 0.717) is 22.3 Å². The highest BCUT2D eigenvalue weighted by Crippen LogP contribution is 2.31. The van der Waals surface area contributed by atoms with Crippen molar-refractivity contribution in [1.82, 2.24) is 19.5 Å². The summed E-state index contributed by atoms with van der Waals surface area (Å²) in [5.41, 5.74) is 6.77. The minimum Gasteiger partial charge on any atom is -0.394 e. The molecule has 19 heavy (non-hydrogen) atoms. The molecule has 0 spiro atoms. The number of rotatable bonds is 2. The van der Waals surface area contributed by atoms with Crippen molar-refractivity contribution in [3.63, 3.8) is 0 Å². The van der Waals surface area contributed by atoms with Crippen LogP contribution in [0.25, 0.3) is 11.2 Å². The summed E-state index contributed by atoms with van der Waals surface area (Å²) in [6, 6.07) is 0. The molecule has 1 aliphatic heterocycles. The molecule has 1 aliphatic rings. The molecule has 0 amide bonds. The van der Waals surface area contributed by atoms with Crippen molar-refractivity contribution >= 4 is 32.9 Å². The van der Waals surface area contributed by atoms with Crippen LogP contribution in [0.3, 0.4) is 0 Å². The van der Waals surface area contributed by atoms with Gasteiger partial charge in [-0.05, 0) is 15.9 Å². The van der Waals surface area contributed by atoms with Gasteiger partial charge in [-0.25, -0.2) is 15.0 Å². The van der Waals surface area contributed by atoms with Crippen LogP contribution < -0.4 is 5.73 Å². The number of fused-ring (bicyclic) bond motifs is 1. The van der Waals surface area contributed by atoms with E-state index in [0.717, 1.165) is 0 Å². The van der Waals surface area contributed by atoms with Gasteiger partial charge in [0.1, 0.15) is 17.8 Å². The van der Waals surface area contributed by atoms with Crippen LogP contribution in [0.2, 0.25) is 0 Å². The van der Waals surface area contributed by atoms with E-state index in [2.05, 4.69) is 30.9 Å². The first-order chi connectivity index (χ1) is 9.10. The fourth-order valence-electron chi connectivity index (χ4n) is 2.17. The van der Waals surface area contributed by atoms with Gasteiger partial charge in [0.15, 0.2) is 11.5 Å². The van der Waals surface area contributed by atoms with Gasteiger partial charge in [0.05, 0.1) is 19.0 Å². The molecule has 1 saturated heterocycles. The van der Waals surface area contributed by atoms with E-state index in [1.165, 1.54) is 0 Å². The minimum atomic E-state index is -0.713. The second-order valence-corrected chi connectivity index (χ2v) is 5.03. The lowest BCUT2D eigenvalue weighted by molar-refractivity contribution is -0.0432. The predicted molar refractivity (Wildman–Crippen MR) is 69.1 cm³/mol. The second-order valence-electron chi connectivity index (χ2n) is 4.32. The molecular formula is C10H12BrN5O3. The highest BCUT2D eigenvalue weighted by molar-refractivity contribution is 9.10. The number of ether oxygens (including phenoxy) is 1. The number of halogens is 1. The number of nitrogens with zero attached hydrogens (tertiary/aromatic N) is 4. The lowest BCUT2D eigenvalue weighted by Crippen LogP contribution is -2.24. The van der Waals surface area contributed by atoms with E-state index < -0.39 is 18.4 Å². The van der Waals surface area contributed by atoms with Crippen LogP contribution in [0.4, 0.5) is 5.82 Å². The third kappa shape index (κ3) is 2.08. The van der Waals surface area contributed by atoms with Crippen molar-refractivity contribution in [2.75, 3.05) is 12.3 Å². The molecule has 0 bridgehead atoms. The van der Waals surface area contributed by atoms with Crippen LogP contribution in [0.1, 0.15) is 12.6 Å². The van der Waals surface area contributed by atoms with Crippen molar-refractivity contribution < 1.29 is 14.9 Å². The molecule has 3 rings (SSSR count). The van der Waals surface area contributed by atoms with E-state index in [-0.39, 0.29) is 12.4 Å². The summed E-state index contributed by atoms with van der Waals surface area (Å²) in [6.07, 6.45) is 0.163. The Morgan fingerprint density at radius 3 is 3.00 bits per heavy atom. The zero-order valence-electron chi connectivity index (χ0n) is 9.77. The molecule has 0 aromatic carbocycles. The summed E-state index contributed by atoms with van der Waals surface area (Å²) in [4.78, 5) is 12.3. The molecule has 8 nitrogen and oxygen atoms in total. The van der Waals surface area contributed by atoms with Gasteiger partial charge in [0, 0.05) is 6.42 Å². The Hall–Kier alpha value is -1.29. The fourth-order valence-corrected chi connectivity index (χ4v) is 2.53. The molecule has 0 radical (unpaired) electrons. The van der Waals surface area contributed by atoms with Crippen molar-refractivity contribution in [2.45, 2.75) is 24.9 Å². The number of nitrogens with two attached hydrogens (primary N) is 1. The Kier molecular flexibility index (Phi) is 3.13. The molecule has 4 N–H and O–H groups in total. The maximum Gasteiger partial charge on any atom is 0.200 e. The number of aliphatic hydroxyl groups excluding tert-OH is 2. The number of aromatic nitrogens is 4. The van der Waals surface area contributed by atoms with E-state index in [4.69, 9.17) is 15.6 Å². The van der Waals surface area contributed by atoms with Gasteiger partial charge in [-0.2, -0.15) is 0 Å². The fraction of sp³-hybridized carbons (Fsp3) is 0.500. The molecule has 3 heterocycles. The van der Waals surface area contributed by atoms with Crippen LogP contribution >= 0.6 is 15.9 Å². The molecule has 0 saturated carbocycles. The summed E-state index contributed by atoms with van der Waals surface area (Å²) in [5.74, 6) is 0.271. The summed E-state index contributed by atoms with van der Waals surface area (Å²) >= 11 is 3.17. The monoisotopic (exact) mass is 329 g/mol. The maximum absolute atomic E-state index is 9.75. The third-order valence-corrected chi connectivity index (χ3v) is 3.47. The summed E-state index contributed by atoms with van der Waals surface area (Å²) < 4.78 is 7.60. The highest BCUT2D eigenvalue weighted by atomic mass is 79.9. The van der Waals surface area contributed by atoms with Crippen LogP contribution in [-0.2, 0) is 4.74 Å². The third-order valence-electron chi connectivity index (χ3n) is 3.12. The lowest BCUT2D eigenvalue weighted by atomic mass is 10.2. The average molecular weight is 330 g/mol. The lowest BCUT2D eigenvalue weighted by Gasteiger charge is -2.13. The Morgan fingerprint density at radius 2 is 2.32 bits per heavy atom. The number of hydrogen-bond donors (Lipinski definition) is 3. The number of aliphatic hydroxyl groups is 2. The summed E-state index contributed by atoms with van der Waals surface area (Å²) in [7, 11) is 0. The molecule has 1 fully saturated rings. The largest absolute Gasteiger partial charge is 0.394 e. The van der Waals surface area contributed by atoms with Gasteiger partial charge in [-0.15, -0.1) is 0 Å². The molecule has 2 aromatic rings. The summed E-state index contributed by atoms with van der Waals surface area (Å²) in [6.45, 7) is -0.231. The smallest absolute Gasteiger partial charge is 0.200 e. The SMILES string of the molecule is Nc1nc(Br)nc2c1ncn2[C@@H]1C[C@H](O)[C@@H](CO)O1. The van der Waals surface area contributed by atoms with E-state index in [9.17, 15) is 5.11 Å². The average Bonchev–Trinajstić information content (AvgIpc) is 2.92. The van der Waals surface area contributed by atoms with Gasteiger partial charge in [-0.3, -0.25) is 4.57 Å². The van der Waals surface area contributed by atoms with Crippen LogP contribution in [0.15, 0.2) is 11.1 Å². The molecule has 2 aromatic heterocycles. The zero-order chi connectivity index (χ0) is 13.6. The molecule has 9 heteroatoms. The Morgan fingerprint density at radius 1 is 1.53 bits per heavy atom. The van der Waals surface area contributed by atoms with Gasteiger partial charge in [0.25, 0.3) is 0 Å². The first kappa shape index (κ1) is 12.7. The molecular weight excluding hydrogens is 318 g/mol. The molecule has 0 aliphatic carbocycles. The van der Waals surface area contributed by atoms with Gasteiger partial charge >= 0.3 is 0 Å². The summed E-state index contributed by atoms with van der Waals surface area (Å²) in [5, 5.41) is 18.8. The van der Waals surface area contributed by atoms with Gasteiger partial charge in [0.2, 0.25) is 4.73 Å². The number of nitrogen functional groups attached to an aromatic ring is 1. The highest BCUT2D eigenvalue weighted by Gasteiger charge is 2.35. The Bertz CT molecular complexity index is 618. The minimum absolute atomic E-state index is 0.231. The zero-order valence-corrected chi connectivity index (χ0v) is 11.4. The number of hydrogen-bond acceptors (Lipinski definition) is 7. The molecule has 102 valence electrons. The maximum atomic E-state index is 9.75. The van der Waals surface area contributed by atoms with Crippen molar-refractivity contribution in [3.05, 3.63) is 11.1 Å². The van der Waals surface area contributed by atoms with Gasteiger partial charge in [-0.1, -0.05) is 0 Å². The van der Waals surface area contributed by atoms with E-state index in [1.54, 1.807) is 10.9 Å². The van der Waals surface area contributed by atoms with Crippen LogP contribution in [-0.4, -0.2) is 48.5 Å². The van der Waals surface area contributed by atoms with Crippen molar-refractivity contribution in [3.8, 4) is 0 Å². The standard InChI is InChI=1S/C10H12BrN5O3/c11-10-14-8(12)7-9(15-10)16(3-13-7)6-1-4(18)5(2-17)19-6/h3-6,17-18H,1-2H2,(H2,12,14,15)/t4-,5+,6-/m0/s1. The van der Waals surface area contributed by atoms with Crippen molar-refractivity contribution in [2.24, 2.45) is 0 Å².